The molecule has 39 valence electrons. The van der Waals surface area contributed by atoms with Gasteiger partial charge in [0.05, 0.1) is 0 Å². The Balaban J connectivity index is -0.0000000417. The van der Waals surface area contributed by atoms with E-state index in [9.17, 15) is 4.79 Å². The van der Waals surface area contributed by atoms with E-state index in [2.05, 4.69) is 0 Å². The molecule has 0 aliphatic heterocycles. The van der Waals surface area contributed by atoms with Crippen LogP contribution < -0.4 is 0 Å². The van der Waals surface area contributed by atoms with Crippen molar-refractivity contribution in [3.05, 3.63) is 0 Å². The summed E-state index contributed by atoms with van der Waals surface area (Å²) in [7, 11) is 0. The van der Waals surface area contributed by atoms with E-state index in [1.807, 2.05) is 0 Å². The number of hydrogen-bond donors (Lipinski definition) is 2. The molecule has 0 spiro atoms. The van der Waals surface area contributed by atoms with E-state index in [4.69, 9.17) is 10.2 Å². The van der Waals surface area contributed by atoms with Crippen molar-refractivity contribution in [1.29, 1.82) is 0 Å². The van der Waals surface area contributed by atoms with Crippen molar-refractivity contribution in [1.82, 2.24) is 0 Å². The molecule has 0 aliphatic rings. The summed E-state index contributed by atoms with van der Waals surface area (Å²) in [6, 6.07) is 0. The van der Waals surface area contributed by atoms with Crippen LogP contribution in [0.25, 0.3) is 0 Å². The number of rotatable bonds is 1. The van der Waals surface area contributed by atoms with Crippen molar-refractivity contribution in [3.63, 3.8) is 0 Å². The minimum absolute atomic E-state index is 0. The first-order chi connectivity index (χ1) is 2.64. The fourth-order valence-corrected chi connectivity index (χ4v) is 0. The van der Waals surface area contributed by atoms with E-state index in [0.717, 1.165) is 0 Å². The molecule has 1 atom stereocenters. The Morgan fingerprint density at radius 3 is 1.44 bits per heavy atom. The SMILES string of the molecule is CC(O)C(=O)O.[Na].[Na].[Na]. The van der Waals surface area contributed by atoms with Crippen LogP contribution in [0.15, 0.2) is 0 Å². The fourth-order valence-electron chi connectivity index (χ4n) is 0. The van der Waals surface area contributed by atoms with Crippen LogP contribution in [0.2, 0.25) is 0 Å². The zero-order valence-corrected chi connectivity index (χ0v) is 12.4. The van der Waals surface area contributed by atoms with Gasteiger partial charge in [0.15, 0.2) is 0 Å². The number of hydrogen-bond acceptors (Lipinski definition) is 2. The van der Waals surface area contributed by atoms with E-state index < -0.39 is 12.1 Å². The first kappa shape index (κ1) is 22.5. The standard InChI is InChI=1S/C3H6O3.3Na/c1-2(4)3(5)6;;;/h2,4H,1H3,(H,5,6);;;. The van der Waals surface area contributed by atoms with E-state index in [1.165, 1.54) is 6.92 Å². The average molecular weight is 159 g/mol. The van der Waals surface area contributed by atoms with Crippen molar-refractivity contribution < 1.29 is 15.0 Å². The van der Waals surface area contributed by atoms with Gasteiger partial charge in [-0.25, -0.2) is 4.79 Å². The van der Waals surface area contributed by atoms with Crippen LogP contribution in [0, 0.1) is 0 Å². The van der Waals surface area contributed by atoms with Crippen molar-refractivity contribution >= 4 is 94.6 Å². The molecule has 0 rings (SSSR count). The first-order valence-corrected chi connectivity index (χ1v) is 1.55. The Labute approximate surface area is 120 Å². The predicted molar refractivity (Wildman–Crippen MR) is 36.6 cm³/mol. The largest absolute Gasteiger partial charge is 0.479 e. The summed E-state index contributed by atoms with van der Waals surface area (Å²) in [5.41, 5.74) is 0. The van der Waals surface area contributed by atoms with E-state index >= 15 is 0 Å². The summed E-state index contributed by atoms with van der Waals surface area (Å²) in [5.74, 6) is -1.19. The molecular formula is C3H6Na3O3. The second-order valence-electron chi connectivity index (χ2n) is 1.01. The van der Waals surface area contributed by atoms with E-state index in [-0.39, 0.29) is 88.7 Å². The summed E-state index contributed by atoms with van der Waals surface area (Å²) in [6.45, 7) is 1.20. The number of carbonyl (C=O) groups is 1. The number of carboxylic acid groups (broad SMARTS) is 1. The minimum Gasteiger partial charge on any atom is -0.479 e. The molecule has 0 bridgehead atoms. The first-order valence-electron chi connectivity index (χ1n) is 1.55. The molecule has 2 N–H and O–H groups in total. The van der Waals surface area contributed by atoms with Gasteiger partial charge in [0.25, 0.3) is 0 Å². The van der Waals surface area contributed by atoms with Gasteiger partial charge < -0.3 is 10.2 Å². The van der Waals surface area contributed by atoms with E-state index in [1.54, 1.807) is 0 Å². The number of carboxylic acids is 1. The van der Waals surface area contributed by atoms with Gasteiger partial charge in [-0.3, -0.25) is 0 Å². The third-order valence-corrected chi connectivity index (χ3v) is 0.357. The van der Waals surface area contributed by atoms with Gasteiger partial charge in [-0.1, -0.05) is 0 Å². The molecule has 0 saturated heterocycles. The molecule has 3 radical (unpaired) electrons. The van der Waals surface area contributed by atoms with Crippen molar-refractivity contribution in [2.24, 2.45) is 0 Å². The Morgan fingerprint density at radius 1 is 1.33 bits per heavy atom. The van der Waals surface area contributed by atoms with Crippen LogP contribution >= 0.6 is 0 Å². The molecular weight excluding hydrogens is 153 g/mol. The fraction of sp³-hybridized carbons (Fsp3) is 0.667. The van der Waals surface area contributed by atoms with Gasteiger partial charge in [-0.05, 0) is 6.92 Å². The summed E-state index contributed by atoms with van der Waals surface area (Å²) in [6.07, 6.45) is -1.23. The van der Waals surface area contributed by atoms with Crippen LogP contribution in [0.5, 0.6) is 0 Å². The monoisotopic (exact) mass is 159 g/mol. The van der Waals surface area contributed by atoms with Crippen LogP contribution in [-0.4, -0.2) is 111 Å². The van der Waals surface area contributed by atoms with Crippen molar-refractivity contribution in [2.75, 3.05) is 0 Å². The second-order valence-corrected chi connectivity index (χ2v) is 1.01. The predicted octanol–water partition coefficient (Wildman–Crippen LogP) is -1.69. The number of aliphatic hydroxyl groups is 1. The molecule has 0 aromatic rings. The molecule has 0 amide bonds. The number of aliphatic hydroxyl groups excluding tert-OH is 1. The molecule has 0 fully saturated rings. The average Bonchev–Trinajstić information content (AvgIpc) is 1.36. The van der Waals surface area contributed by atoms with E-state index in [0.29, 0.717) is 0 Å². The molecule has 6 heteroatoms. The molecule has 3 nitrogen and oxygen atoms in total. The quantitative estimate of drug-likeness (QED) is 0.449. The zero-order valence-electron chi connectivity index (χ0n) is 6.38. The number of aliphatic carboxylic acids is 1. The normalized spacial score (nSPS) is 9.11. The maximum absolute atomic E-state index is 9.45. The molecule has 1 unspecified atom stereocenters. The van der Waals surface area contributed by atoms with Crippen LogP contribution in [0.3, 0.4) is 0 Å². The topological polar surface area (TPSA) is 57.5 Å². The summed E-state index contributed by atoms with van der Waals surface area (Å²) < 4.78 is 0. The van der Waals surface area contributed by atoms with Crippen LogP contribution in [0.4, 0.5) is 0 Å². The maximum Gasteiger partial charge on any atom is 0.332 e. The van der Waals surface area contributed by atoms with Crippen LogP contribution in [-0.2, 0) is 4.79 Å². The molecule has 0 aromatic heterocycles. The molecule has 0 aromatic carbocycles. The minimum atomic E-state index is -1.23. The van der Waals surface area contributed by atoms with Gasteiger partial charge in [-0.15, -0.1) is 0 Å². The summed E-state index contributed by atoms with van der Waals surface area (Å²) >= 11 is 0. The maximum atomic E-state index is 9.45. The Morgan fingerprint density at radius 2 is 1.44 bits per heavy atom. The zero-order chi connectivity index (χ0) is 5.15. The Kier molecular flexibility index (Phi) is 32.7. The smallest absolute Gasteiger partial charge is 0.332 e. The second kappa shape index (κ2) is 13.1. The van der Waals surface area contributed by atoms with Crippen LogP contribution in [0.1, 0.15) is 6.92 Å². The van der Waals surface area contributed by atoms with Crippen molar-refractivity contribution in [3.8, 4) is 0 Å². The van der Waals surface area contributed by atoms with Gasteiger partial charge in [0.1, 0.15) is 6.10 Å². The summed E-state index contributed by atoms with van der Waals surface area (Å²) in [5, 5.41) is 15.8. The van der Waals surface area contributed by atoms with Gasteiger partial charge in [-0.2, -0.15) is 0 Å². The van der Waals surface area contributed by atoms with Gasteiger partial charge in [0.2, 0.25) is 0 Å². The third kappa shape index (κ3) is 17.9. The van der Waals surface area contributed by atoms with Gasteiger partial charge >= 0.3 is 5.97 Å². The molecule has 0 aliphatic carbocycles. The molecule has 0 saturated carbocycles. The summed E-state index contributed by atoms with van der Waals surface area (Å²) in [4.78, 5) is 9.45. The third-order valence-electron chi connectivity index (χ3n) is 0.357. The Bertz CT molecular complexity index is 65.3. The molecule has 0 heterocycles. The Hall–Kier alpha value is 2.43. The van der Waals surface area contributed by atoms with Crippen molar-refractivity contribution in [2.45, 2.75) is 13.0 Å². The van der Waals surface area contributed by atoms with Gasteiger partial charge in [0, 0.05) is 88.7 Å². The molecule has 9 heavy (non-hydrogen) atoms.